The van der Waals surface area contributed by atoms with Gasteiger partial charge in [0.1, 0.15) is 28.5 Å². The molecule has 0 saturated carbocycles. The van der Waals surface area contributed by atoms with Crippen LogP contribution in [0.2, 0.25) is 0 Å². The fourth-order valence-electron chi connectivity index (χ4n) is 10.3. The van der Waals surface area contributed by atoms with Crippen molar-refractivity contribution in [2.45, 2.75) is 81.4 Å². The number of imidazole rings is 3. The van der Waals surface area contributed by atoms with Gasteiger partial charge in [0.15, 0.2) is 0 Å². The number of nitrogens with zero attached hydrogens (tertiary/aromatic N) is 19. The highest BCUT2D eigenvalue weighted by molar-refractivity contribution is 9.11. The summed E-state index contributed by atoms with van der Waals surface area (Å²) in [6.45, 7) is 30.4. The second kappa shape index (κ2) is 30.3. The predicted octanol–water partition coefficient (Wildman–Crippen LogP) is 14.9. The number of hydrogen-bond donors (Lipinski definition) is 2. The van der Waals surface area contributed by atoms with E-state index in [4.69, 9.17) is 22.5 Å². The molecule has 98 heavy (non-hydrogen) atoms. The topological polar surface area (TPSA) is 242 Å². The van der Waals surface area contributed by atoms with Gasteiger partial charge in [0.25, 0.3) is 11.6 Å². The Hall–Kier alpha value is -11.1. The first-order chi connectivity index (χ1) is 46.1. The summed E-state index contributed by atoms with van der Waals surface area (Å²) in [7, 11) is 5.25. The molecule has 15 heterocycles. The van der Waals surface area contributed by atoms with Crippen molar-refractivity contribution in [3.8, 4) is 67.8 Å². The third-order valence-corrected chi connectivity index (χ3v) is 16.8. The molecule has 0 bridgehead atoms. The predicted molar refractivity (Wildman–Crippen MR) is 390 cm³/mol. The van der Waals surface area contributed by atoms with Crippen LogP contribution in [0.1, 0.15) is 65.3 Å². The van der Waals surface area contributed by atoms with Crippen LogP contribution in [-0.4, -0.2) is 112 Å². The number of fused-ring (bicyclic) bond motifs is 3. The summed E-state index contributed by atoms with van der Waals surface area (Å²) in [5.74, 6) is 1.59. The zero-order chi connectivity index (χ0) is 68.0. The van der Waals surface area contributed by atoms with Gasteiger partial charge in [-0.1, -0.05) is 58.3 Å². The van der Waals surface area contributed by atoms with E-state index in [1.54, 1.807) is 47.6 Å². The lowest BCUT2D eigenvalue weighted by molar-refractivity contribution is -0.105. The van der Waals surface area contributed by atoms with E-state index in [1.165, 1.54) is 0 Å². The number of pyridine rings is 7. The minimum Gasteiger partial charge on any atom is -0.399 e. The van der Waals surface area contributed by atoms with Crippen LogP contribution < -0.4 is 10.8 Å². The molecule has 27 heteroatoms. The summed E-state index contributed by atoms with van der Waals surface area (Å²) < 4.78 is 24.6. The van der Waals surface area contributed by atoms with E-state index in [-0.39, 0.29) is 26.1 Å². The Morgan fingerprint density at radius 3 is 1.38 bits per heavy atom. The van der Waals surface area contributed by atoms with Gasteiger partial charge in [-0.15, -0.1) is 0 Å². The first kappa shape index (κ1) is 71.2. The van der Waals surface area contributed by atoms with Crippen molar-refractivity contribution in [1.29, 1.82) is 0 Å². The molecule has 496 valence electrons. The molecule has 14 aromatic rings. The number of rotatable bonds is 9. The Bertz CT molecular complexity index is 5220. The van der Waals surface area contributed by atoms with Crippen LogP contribution in [0.25, 0.3) is 94.4 Å². The zero-order valence-electron chi connectivity index (χ0n) is 54.3. The van der Waals surface area contributed by atoms with Crippen molar-refractivity contribution >= 4 is 85.2 Å². The van der Waals surface area contributed by atoms with Gasteiger partial charge in [-0.25, -0.2) is 23.8 Å². The normalized spacial score (nSPS) is 12.5. The van der Waals surface area contributed by atoms with Crippen LogP contribution in [0.15, 0.2) is 180 Å². The van der Waals surface area contributed by atoms with Crippen LogP contribution in [0.5, 0.6) is 0 Å². The highest BCUT2D eigenvalue weighted by Crippen LogP contribution is 2.37. The molecule has 0 radical (unpaired) electrons. The summed E-state index contributed by atoms with van der Waals surface area (Å²) in [5, 5.41) is 22.9. The molecule has 0 spiro atoms. The average Bonchev–Trinajstić information content (AvgIpc) is 1.62. The zero-order valence-corrected chi connectivity index (χ0v) is 57.5. The number of aryl methyl sites for hydroxylation is 7. The number of hydrogen-bond acceptors (Lipinski definition) is 14. The van der Waals surface area contributed by atoms with Gasteiger partial charge in [-0.05, 0) is 154 Å². The third kappa shape index (κ3) is 15.7. The highest BCUT2D eigenvalue weighted by Gasteiger charge is 2.52. The van der Waals surface area contributed by atoms with Crippen LogP contribution >= 0.6 is 31.9 Å². The Labute approximate surface area is 584 Å². The molecule has 2 N–H and O–H groups in total. The van der Waals surface area contributed by atoms with E-state index in [0.717, 1.165) is 122 Å². The molecule has 1 aliphatic heterocycles. The smallest absolute Gasteiger partial charge is 0.399 e. The Morgan fingerprint density at radius 2 is 0.929 bits per heavy atom. The maximum absolute atomic E-state index is 10.8. The second-order valence-electron chi connectivity index (χ2n) is 23.3. The van der Waals surface area contributed by atoms with Gasteiger partial charge in [-0.3, -0.25) is 48.3 Å². The van der Waals surface area contributed by atoms with Crippen molar-refractivity contribution in [1.82, 2.24) is 87.6 Å². The molecule has 1 aliphatic rings. The fraction of sp³-hybridized carbons (Fsp3) is 0.211. The SMILES string of the molecule is C.C.Cc1cccc(-c2[nH]ncc2Br)n1.Cc1cccc(-c2nn(C)cc2-c2ccc3ncc(NC=O)n3c2)n1.Cc1cccc(-c2nn(C)cc2Br)n1.[C-]#[N+]c1cnc2ccc(-c3cn(C)nc3-c3cccc(C)n3)cn12.[C-]#[N+]c1cnc2ccc(B3OC(C)(C)C(C)(C)O3)cn12. The standard InChI is InChI=1S/C18H16N6O.C18H14N6.C14H16BN3O2.C10H10BrN3.C9H8BrN3.2CH4/c1-12-4-3-5-15(21-12)18-14(10-23(2)22-18)13-6-7-16-19-8-17(20-11-25)24(16)9-13;1-12-5-4-6-15(21-12)18-14(11-23(3)22-18)13-7-8-16-20-9-17(19-2)24(16)10-13;1-13(2)14(3,4)20-15(19-13)10-6-7-11-17-8-12(16-5)18(11)9-10;1-7-4-3-5-9(12-7)10-8(11)6-14(2)13-10;1-6-3-2-4-8(12-6)9-7(10)5-11-13-9;;/h3-11H,1-2H3,(H,20,25);4-11H,1,3H3;6-9H,1-4H3;3-6H,1-2H3;2-5H,1H3,(H,11,13);2*1H4. The van der Waals surface area contributed by atoms with Crippen molar-refractivity contribution < 1.29 is 14.1 Å². The molecule has 24 nitrogen and oxygen atoms in total. The summed E-state index contributed by atoms with van der Waals surface area (Å²) in [5.41, 5.74) is 17.1. The quantitative estimate of drug-likeness (QED) is 0.0776. The monoisotopic (exact) mass is 1440 g/mol. The molecule has 0 atom stereocenters. The van der Waals surface area contributed by atoms with Gasteiger partial charge in [0.2, 0.25) is 17.7 Å². The molecular formula is C71H72BBr2N21O3. The number of aromatic nitrogens is 18. The van der Waals surface area contributed by atoms with Crippen molar-refractivity contribution in [3.05, 3.63) is 226 Å². The van der Waals surface area contributed by atoms with Crippen molar-refractivity contribution in [2.24, 2.45) is 21.1 Å². The van der Waals surface area contributed by atoms with E-state index in [2.05, 4.69) is 107 Å². The summed E-state index contributed by atoms with van der Waals surface area (Å²) in [6.07, 6.45) is 18.7. The van der Waals surface area contributed by atoms with Crippen molar-refractivity contribution in [3.63, 3.8) is 0 Å². The molecule has 1 fully saturated rings. The maximum atomic E-state index is 10.8. The molecule has 0 unspecified atom stereocenters. The van der Waals surface area contributed by atoms with E-state index >= 15 is 0 Å². The number of carbonyl (C=O) groups is 1. The Kier molecular flexibility index (Phi) is 22.0. The second-order valence-corrected chi connectivity index (χ2v) is 25.0. The van der Waals surface area contributed by atoms with Crippen molar-refractivity contribution in [2.75, 3.05) is 5.32 Å². The number of H-pyrrole nitrogens is 1. The minimum absolute atomic E-state index is 0. The van der Waals surface area contributed by atoms with E-state index < -0.39 is 7.12 Å². The first-order valence-electron chi connectivity index (χ1n) is 30.0. The number of carbonyl (C=O) groups excluding carboxylic acids is 1. The third-order valence-electron chi connectivity index (χ3n) is 15.7. The molecule has 0 aliphatic carbocycles. The first-order valence-corrected chi connectivity index (χ1v) is 31.6. The molecule has 14 aromatic heterocycles. The number of anilines is 1. The number of nitrogens with one attached hydrogen (secondary N) is 2. The lowest BCUT2D eigenvalue weighted by Crippen LogP contribution is -2.41. The van der Waals surface area contributed by atoms with Gasteiger partial charge in [0, 0.05) is 109 Å². The van der Waals surface area contributed by atoms with E-state index in [0.29, 0.717) is 23.9 Å². The lowest BCUT2D eigenvalue weighted by Gasteiger charge is -2.32. The molecule has 0 aromatic carbocycles. The summed E-state index contributed by atoms with van der Waals surface area (Å²) >= 11 is 6.85. The van der Waals surface area contributed by atoms with Gasteiger partial charge < -0.3 is 24.3 Å². The summed E-state index contributed by atoms with van der Waals surface area (Å²) in [6, 6.07) is 35.2. The van der Waals surface area contributed by atoms with E-state index in [9.17, 15) is 4.79 Å². The highest BCUT2D eigenvalue weighted by atomic mass is 79.9. The largest absolute Gasteiger partial charge is 0.498 e. The van der Waals surface area contributed by atoms with Gasteiger partial charge in [0.05, 0.1) is 85.8 Å². The Morgan fingerprint density at radius 1 is 0.510 bits per heavy atom. The number of aromatic amines is 1. The number of amides is 1. The molecule has 1 amide bonds. The van der Waals surface area contributed by atoms with Crippen LogP contribution in [0, 0.1) is 40.8 Å². The van der Waals surface area contributed by atoms with Crippen LogP contribution in [0.4, 0.5) is 17.5 Å². The lowest BCUT2D eigenvalue weighted by atomic mass is 9.80. The molecule has 1 saturated heterocycles. The molecule has 15 rings (SSSR count). The average molecular weight is 1440 g/mol. The van der Waals surface area contributed by atoms with Gasteiger partial charge in [-0.2, -0.15) is 20.4 Å². The summed E-state index contributed by atoms with van der Waals surface area (Å²) in [4.78, 5) is 48.4. The Balaban J connectivity index is 0.000000146. The molecular weight excluding hydrogens is 1370 g/mol. The minimum atomic E-state index is -0.426. The fourth-order valence-corrected chi connectivity index (χ4v) is 11.2. The van der Waals surface area contributed by atoms with Gasteiger partial charge >= 0.3 is 7.12 Å². The number of halogens is 2. The van der Waals surface area contributed by atoms with E-state index in [1.807, 2.05) is 227 Å². The maximum Gasteiger partial charge on any atom is 0.498 e. The van der Waals surface area contributed by atoms with Crippen LogP contribution in [0.3, 0.4) is 0 Å². The van der Waals surface area contributed by atoms with Crippen LogP contribution in [-0.2, 0) is 35.2 Å².